The van der Waals surface area contributed by atoms with Gasteiger partial charge in [-0.2, -0.15) is 5.10 Å². The molecule has 1 heterocycles. The third-order valence-corrected chi connectivity index (χ3v) is 5.11. The number of nitrogens with one attached hydrogen (secondary N) is 1. The lowest BCUT2D eigenvalue weighted by Gasteiger charge is -2.10. The molecule has 1 amide bonds. The molecule has 0 aliphatic carbocycles. The molecular formula is C25H23N3O3. The van der Waals surface area contributed by atoms with Gasteiger partial charge in [0.15, 0.2) is 0 Å². The Balaban J connectivity index is 1.44. The van der Waals surface area contributed by atoms with Crippen molar-refractivity contribution in [2.45, 2.75) is 13.0 Å². The van der Waals surface area contributed by atoms with Crippen LogP contribution in [0, 0.1) is 0 Å². The molecule has 0 aliphatic heterocycles. The third kappa shape index (κ3) is 4.80. The normalized spacial score (nSPS) is 10.7. The van der Waals surface area contributed by atoms with Crippen molar-refractivity contribution >= 4 is 16.7 Å². The summed E-state index contributed by atoms with van der Waals surface area (Å²) in [6.07, 6.45) is 0.634. The maximum Gasteiger partial charge on any atom is 0.267 e. The first-order chi connectivity index (χ1) is 15.1. The molecule has 0 saturated heterocycles. The molecule has 0 unspecified atom stereocenters. The van der Waals surface area contributed by atoms with Gasteiger partial charge < -0.3 is 10.1 Å². The molecule has 0 spiro atoms. The molecule has 0 atom stereocenters. The molecule has 156 valence electrons. The van der Waals surface area contributed by atoms with Crippen molar-refractivity contribution in [2.75, 3.05) is 13.7 Å². The van der Waals surface area contributed by atoms with Crippen LogP contribution in [0.4, 0.5) is 0 Å². The van der Waals surface area contributed by atoms with Gasteiger partial charge in [0.1, 0.15) is 12.3 Å². The number of methoxy groups -OCH3 is 1. The number of nitrogens with zero attached hydrogens (tertiary/aromatic N) is 2. The quantitative estimate of drug-likeness (QED) is 0.504. The number of fused-ring (bicyclic) bond motifs is 1. The molecular weight excluding hydrogens is 390 g/mol. The van der Waals surface area contributed by atoms with Crippen LogP contribution in [0.15, 0.2) is 83.7 Å². The summed E-state index contributed by atoms with van der Waals surface area (Å²) in [6.45, 7) is 0.310. The first-order valence-electron chi connectivity index (χ1n) is 10.1. The first-order valence-corrected chi connectivity index (χ1v) is 10.1. The number of amides is 1. The molecule has 0 saturated carbocycles. The van der Waals surface area contributed by atoms with E-state index in [2.05, 4.69) is 10.4 Å². The van der Waals surface area contributed by atoms with E-state index in [1.165, 1.54) is 10.7 Å². The van der Waals surface area contributed by atoms with E-state index in [0.717, 1.165) is 27.6 Å². The van der Waals surface area contributed by atoms with E-state index in [-0.39, 0.29) is 18.0 Å². The predicted molar refractivity (Wildman–Crippen MR) is 121 cm³/mol. The fraction of sp³-hybridized carbons (Fsp3) is 0.160. The van der Waals surface area contributed by atoms with Gasteiger partial charge in [-0.25, -0.2) is 4.68 Å². The van der Waals surface area contributed by atoms with Gasteiger partial charge >= 0.3 is 0 Å². The zero-order chi connectivity index (χ0) is 21.6. The highest BCUT2D eigenvalue weighted by atomic mass is 16.5. The summed E-state index contributed by atoms with van der Waals surface area (Å²) in [4.78, 5) is 24.6. The van der Waals surface area contributed by atoms with Crippen LogP contribution in [-0.2, 0) is 17.8 Å². The highest BCUT2D eigenvalue weighted by Crippen LogP contribution is 2.22. The lowest BCUT2D eigenvalue weighted by Crippen LogP contribution is -2.34. The smallest absolute Gasteiger partial charge is 0.267 e. The van der Waals surface area contributed by atoms with Gasteiger partial charge in [0.2, 0.25) is 5.91 Å². The van der Waals surface area contributed by atoms with Crippen LogP contribution in [0.3, 0.4) is 0 Å². The fourth-order valence-electron chi connectivity index (χ4n) is 3.50. The topological polar surface area (TPSA) is 73.2 Å². The van der Waals surface area contributed by atoms with Crippen molar-refractivity contribution < 1.29 is 9.53 Å². The van der Waals surface area contributed by atoms with Gasteiger partial charge in [-0.3, -0.25) is 9.59 Å². The number of hydrogen-bond donors (Lipinski definition) is 1. The summed E-state index contributed by atoms with van der Waals surface area (Å²) in [5.74, 6) is 0.526. The van der Waals surface area contributed by atoms with E-state index in [4.69, 9.17) is 4.74 Å². The Bertz CT molecular complexity index is 1280. The van der Waals surface area contributed by atoms with Crippen molar-refractivity contribution in [1.82, 2.24) is 15.1 Å². The number of benzene rings is 3. The minimum absolute atomic E-state index is 0.133. The second kappa shape index (κ2) is 9.26. The van der Waals surface area contributed by atoms with E-state index in [0.29, 0.717) is 18.7 Å². The molecule has 6 heteroatoms. The highest BCUT2D eigenvalue weighted by Gasteiger charge is 2.09. The van der Waals surface area contributed by atoms with Crippen molar-refractivity contribution in [1.29, 1.82) is 0 Å². The number of carbonyl (C=O) groups excluding carboxylic acids is 1. The number of carbonyl (C=O) groups is 1. The van der Waals surface area contributed by atoms with Crippen LogP contribution in [0.1, 0.15) is 5.56 Å². The molecule has 3 aromatic carbocycles. The summed E-state index contributed by atoms with van der Waals surface area (Å²) in [5, 5.41) is 9.48. The van der Waals surface area contributed by atoms with Crippen molar-refractivity contribution in [3.63, 3.8) is 0 Å². The summed E-state index contributed by atoms with van der Waals surface area (Å²) in [5.41, 5.74) is 2.24. The van der Waals surface area contributed by atoms with Crippen LogP contribution < -0.4 is 15.6 Å². The van der Waals surface area contributed by atoms with Gasteiger partial charge in [0, 0.05) is 18.2 Å². The van der Waals surface area contributed by atoms with Crippen LogP contribution in [0.25, 0.3) is 22.0 Å². The summed E-state index contributed by atoms with van der Waals surface area (Å²) in [6, 6.07) is 24.9. The minimum Gasteiger partial charge on any atom is -0.496 e. The summed E-state index contributed by atoms with van der Waals surface area (Å²) in [7, 11) is 1.62. The molecule has 31 heavy (non-hydrogen) atoms. The standard InChI is InChI=1S/C25H23N3O3/c1-31-23-9-5-4-7-19(23)14-15-26-24(29)17-28-25(30)13-12-22(27-28)21-11-10-18-6-2-3-8-20(18)16-21/h2-13,16H,14-15,17H2,1H3,(H,26,29). The lowest BCUT2D eigenvalue weighted by atomic mass is 10.1. The summed E-state index contributed by atoms with van der Waals surface area (Å²) >= 11 is 0. The maximum atomic E-state index is 12.4. The Morgan fingerprint density at radius 2 is 1.74 bits per heavy atom. The van der Waals surface area contributed by atoms with Gasteiger partial charge in [-0.15, -0.1) is 0 Å². The van der Waals surface area contributed by atoms with E-state index >= 15 is 0 Å². The molecule has 0 radical (unpaired) electrons. The SMILES string of the molecule is COc1ccccc1CCNC(=O)Cn1nc(-c2ccc3ccccc3c2)ccc1=O. The monoisotopic (exact) mass is 413 g/mol. The Morgan fingerprint density at radius 3 is 2.58 bits per heavy atom. The second-order valence-electron chi connectivity index (χ2n) is 7.19. The van der Waals surface area contributed by atoms with Crippen LogP contribution in [0.2, 0.25) is 0 Å². The first kappa shape index (κ1) is 20.3. The van der Waals surface area contributed by atoms with Gasteiger partial charge in [0.05, 0.1) is 12.8 Å². The maximum absolute atomic E-state index is 12.4. The van der Waals surface area contributed by atoms with Gasteiger partial charge in [-0.05, 0) is 41.0 Å². The highest BCUT2D eigenvalue weighted by molar-refractivity contribution is 5.86. The molecule has 6 nitrogen and oxygen atoms in total. The summed E-state index contributed by atoms with van der Waals surface area (Å²) < 4.78 is 6.53. The molecule has 0 fully saturated rings. The number of aromatic nitrogens is 2. The zero-order valence-electron chi connectivity index (χ0n) is 17.2. The Kier molecular flexibility index (Phi) is 6.08. The molecule has 1 aromatic heterocycles. The second-order valence-corrected chi connectivity index (χ2v) is 7.19. The average molecular weight is 413 g/mol. The van der Waals surface area contributed by atoms with Crippen molar-refractivity contribution in [3.05, 3.63) is 94.8 Å². The van der Waals surface area contributed by atoms with Crippen LogP contribution in [0.5, 0.6) is 5.75 Å². The van der Waals surface area contributed by atoms with Crippen molar-refractivity contribution in [2.24, 2.45) is 0 Å². The van der Waals surface area contributed by atoms with Crippen LogP contribution in [-0.4, -0.2) is 29.3 Å². The van der Waals surface area contributed by atoms with Gasteiger partial charge in [-0.1, -0.05) is 54.6 Å². The number of para-hydroxylation sites is 1. The fourth-order valence-corrected chi connectivity index (χ4v) is 3.50. The largest absolute Gasteiger partial charge is 0.496 e. The Morgan fingerprint density at radius 1 is 0.968 bits per heavy atom. The van der Waals surface area contributed by atoms with E-state index in [1.807, 2.05) is 66.7 Å². The molecule has 0 bridgehead atoms. The van der Waals surface area contributed by atoms with E-state index in [1.54, 1.807) is 13.2 Å². The predicted octanol–water partition coefficient (Wildman–Crippen LogP) is 3.43. The van der Waals surface area contributed by atoms with Crippen LogP contribution >= 0.6 is 0 Å². The molecule has 1 N–H and O–H groups in total. The van der Waals surface area contributed by atoms with Crippen molar-refractivity contribution in [3.8, 4) is 17.0 Å². The lowest BCUT2D eigenvalue weighted by molar-refractivity contribution is -0.121. The Labute approximate surface area is 180 Å². The third-order valence-electron chi connectivity index (χ3n) is 5.11. The average Bonchev–Trinajstić information content (AvgIpc) is 2.80. The molecule has 4 rings (SSSR count). The van der Waals surface area contributed by atoms with E-state index in [9.17, 15) is 9.59 Å². The molecule has 0 aliphatic rings. The van der Waals surface area contributed by atoms with E-state index < -0.39 is 0 Å². The number of hydrogen-bond acceptors (Lipinski definition) is 4. The van der Waals surface area contributed by atoms with Gasteiger partial charge in [0.25, 0.3) is 5.56 Å². The Hall–Kier alpha value is -3.93. The minimum atomic E-state index is -0.315. The number of ether oxygens (including phenoxy) is 1. The molecule has 4 aromatic rings. The zero-order valence-corrected chi connectivity index (χ0v) is 17.2. The number of rotatable bonds is 7.